The third-order valence-corrected chi connectivity index (χ3v) is 4.58. The van der Waals surface area contributed by atoms with Crippen LogP contribution in [0.25, 0.3) is 0 Å². The highest BCUT2D eigenvalue weighted by Gasteiger charge is 2.35. The van der Waals surface area contributed by atoms with Gasteiger partial charge in [-0.15, -0.1) is 0 Å². The number of rotatable bonds is 7. The zero-order valence-corrected chi connectivity index (χ0v) is 13.2. The number of carbonyl (C=O) groups excluding carboxylic acids is 1. The van der Waals surface area contributed by atoms with Gasteiger partial charge >= 0.3 is 0 Å². The average molecular weight is 314 g/mol. The van der Waals surface area contributed by atoms with Crippen LogP contribution in [0.15, 0.2) is 4.90 Å². The second kappa shape index (κ2) is 6.15. The quantitative estimate of drug-likeness (QED) is 0.701. The Morgan fingerprint density at radius 1 is 1.52 bits per heavy atom. The van der Waals surface area contributed by atoms with Crippen LogP contribution in [-0.2, 0) is 10.0 Å². The van der Waals surface area contributed by atoms with Gasteiger partial charge in [0.2, 0.25) is 10.0 Å². The molecule has 2 rings (SSSR count). The van der Waals surface area contributed by atoms with Crippen LogP contribution in [0.3, 0.4) is 0 Å². The molecule has 7 nitrogen and oxygen atoms in total. The van der Waals surface area contributed by atoms with Gasteiger partial charge in [0.25, 0.3) is 5.91 Å². The summed E-state index contributed by atoms with van der Waals surface area (Å²) in [6, 6.07) is -0.0353. The number of aromatic nitrogens is 2. The predicted molar refractivity (Wildman–Crippen MR) is 78.4 cm³/mol. The van der Waals surface area contributed by atoms with Crippen molar-refractivity contribution in [2.24, 2.45) is 5.14 Å². The van der Waals surface area contributed by atoms with Gasteiger partial charge in [0.05, 0.1) is 5.69 Å². The van der Waals surface area contributed by atoms with E-state index in [0.29, 0.717) is 5.69 Å². The van der Waals surface area contributed by atoms with Crippen LogP contribution in [0.4, 0.5) is 0 Å². The molecule has 1 saturated carbocycles. The number of carbonyl (C=O) groups is 1. The van der Waals surface area contributed by atoms with Crippen molar-refractivity contribution in [2.45, 2.75) is 62.8 Å². The van der Waals surface area contributed by atoms with Gasteiger partial charge in [-0.2, -0.15) is 5.10 Å². The number of hydrogen-bond acceptors (Lipinski definition) is 4. The molecule has 0 saturated heterocycles. The molecule has 1 aliphatic rings. The Morgan fingerprint density at radius 3 is 2.71 bits per heavy atom. The molecule has 4 N–H and O–H groups in total. The van der Waals surface area contributed by atoms with Gasteiger partial charge in [0.15, 0.2) is 5.69 Å². The van der Waals surface area contributed by atoms with Gasteiger partial charge in [-0.25, -0.2) is 13.6 Å². The van der Waals surface area contributed by atoms with Crippen LogP contribution in [0.1, 0.15) is 68.1 Å². The molecular weight excluding hydrogens is 292 g/mol. The van der Waals surface area contributed by atoms with Crippen molar-refractivity contribution in [2.75, 3.05) is 0 Å². The van der Waals surface area contributed by atoms with Gasteiger partial charge < -0.3 is 5.32 Å². The second-order valence-corrected chi connectivity index (χ2v) is 7.15. The Hall–Kier alpha value is -1.41. The maximum atomic E-state index is 12.2. The minimum absolute atomic E-state index is 0.0353. The van der Waals surface area contributed by atoms with E-state index in [1.165, 1.54) is 0 Å². The minimum atomic E-state index is -3.98. The monoisotopic (exact) mass is 314 g/mol. The summed E-state index contributed by atoms with van der Waals surface area (Å²) in [5.41, 5.74) is 0.339. The van der Waals surface area contributed by atoms with E-state index in [2.05, 4.69) is 22.4 Å². The number of primary sulfonamides is 1. The van der Waals surface area contributed by atoms with E-state index >= 15 is 0 Å². The maximum absolute atomic E-state index is 12.2. The summed E-state index contributed by atoms with van der Waals surface area (Å²) in [6.45, 7) is 3.96. The molecule has 1 unspecified atom stereocenters. The fourth-order valence-corrected chi connectivity index (χ4v) is 3.24. The second-order valence-electron chi connectivity index (χ2n) is 5.65. The van der Waals surface area contributed by atoms with Gasteiger partial charge in [0, 0.05) is 12.0 Å². The third kappa shape index (κ3) is 3.82. The van der Waals surface area contributed by atoms with E-state index in [-0.39, 0.29) is 22.5 Å². The molecule has 1 aliphatic carbocycles. The molecule has 8 heteroatoms. The lowest BCUT2D eigenvalue weighted by Crippen LogP contribution is -2.34. The van der Waals surface area contributed by atoms with Crippen molar-refractivity contribution in [3.63, 3.8) is 0 Å². The lowest BCUT2D eigenvalue weighted by molar-refractivity contribution is 0.0929. The van der Waals surface area contributed by atoms with E-state index in [0.717, 1.165) is 32.1 Å². The van der Waals surface area contributed by atoms with Crippen molar-refractivity contribution in [1.82, 2.24) is 15.5 Å². The number of nitrogens with two attached hydrogens (primary N) is 1. The van der Waals surface area contributed by atoms with Gasteiger partial charge in [0.1, 0.15) is 4.90 Å². The first kappa shape index (κ1) is 16.0. The average Bonchev–Trinajstić information content (AvgIpc) is 3.13. The van der Waals surface area contributed by atoms with Crippen LogP contribution >= 0.6 is 0 Å². The largest absolute Gasteiger partial charge is 0.348 e. The van der Waals surface area contributed by atoms with Gasteiger partial charge in [-0.3, -0.25) is 9.89 Å². The number of sulfonamides is 1. The molecule has 1 aromatic heterocycles. The van der Waals surface area contributed by atoms with Crippen molar-refractivity contribution in [3.8, 4) is 0 Å². The number of unbranched alkanes of at least 4 members (excludes halogenated alkanes) is 1. The summed E-state index contributed by atoms with van der Waals surface area (Å²) in [5.74, 6) is -0.379. The summed E-state index contributed by atoms with van der Waals surface area (Å²) in [7, 11) is -3.98. The SMILES string of the molecule is CCCCC(C)NC(=O)c1n[nH]c(C2CC2)c1S(N)(=O)=O. The highest BCUT2D eigenvalue weighted by molar-refractivity contribution is 7.89. The number of nitrogens with zero attached hydrogens (tertiary/aromatic N) is 1. The van der Waals surface area contributed by atoms with E-state index in [4.69, 9.17) is 5.14 Å². The summed E-state index contributed by atoms with van der Waals surface area (Å²) in [5, 5.41) is 14.6. The van der Waals surface area contributed by atoms with E-state index < -0.39 is 15.9 Å². The molecule has 1 atom stereocenters. The van der Waals surface area contributed by atoms with Crippen LogP contribution in [0, 0.1) is 0 Å². The lowest BCUT2D eigenvalue weighted by Gasteiger charge is -2.12. The number of H-pyrrole nitrogens is 1. The highest BCUT2D eigenvalue weighted by atomic mass is 32.2. The molecule has 0 radical (unpaired) electrons. The molecule has 0 aliphatic heterocycles. The summed E-state index contributed by atoms with van der Waals surface area (Å²) in [6.07, 6.45) is 4.65. The predicted octanol–water partition coefficient (Wildman–Crippen LogP) is 1.24. The first-order chi connectivity index (χ1) is 9.84. The first-order valence-electron chi connectivity index (χ1n) is 7.26. The molecule has 118 valence electrons. The van der Waals surface area contributed by atoms with Crippen molar-refractivity contribution < 1.29 is 13.2 Å². The van der Waals surface area contributed by atoms with Crippen molar-refractivity contribution in [1.29, 1.82) is 0 Å². The van der Waals surface area contributed by atoms with E-state index in [9.17, 15) is 13.2 Å². The molecule has 1 heterocycles. The summed E-state index contributed by atoms with van der Waals surface area (Å²) < 4.78 is 23.5. The van der Waals surface area contributed by atoms with Crippen molar-refractivity contribution in [3.05, 3.63) is 11.4 Å². The smallest absolute Gasteiger partial charge is 0.273 e. The van der Waals surface area contributed by atoms with Crippen LogP contribution < -0.4 is 10.5 Å². The number of amides is 1. The van der Waals surface area contributed by atoms with E-state index in [1.807, 2.05) is 6.92 Å². The molecule has 1 aromatic rings. The molecule has 21 heavy (non-hydrogen) atoms. The zero-order chi connectivity index (χ0) is 15.6. The highest BCUT2D eigenvalue weighted by Crippen LogP contribution is 2.42. The Labute approximate surface area is 124 Å². The Bertz CT molecular complexity index is 619. The molecule has 1 fully saturated rings. The fraction of sp³-hybridized carbons (Fsp3) is 0.692. The molecule has 0 bridgehead atoms. The zero-order valence-electron chi connectivity index (χ0n) is 12.3. The Kier molecular flexibility index (Phi) is 4.67. The van der Waals surface area contributed by atoms with Crippen LogP contribution in [0.5, 0.6) is 0 Å². The van der Waals surface area contributed by atoms with Crippen LogP contribution in [-0.4, -0.2) is 30.6 Å². The third-order valence-electron chi connectivity index (χ3n) is 3.60. The minimum Gasteiger partial charge on any atom is -0.348 e. The summed E-state index contributed by atoms with van der Waals surface area (Å²) in [4.78, 5) is 12.1. The maximum Gasteiger partial charge on any atom is 0.273 e. The summed E-state index contributed by atoms with van der Waals surface area (Å²) >= 11 is 0. The molecule has 0 spiro atoms. The first-order valence-corrected chi connectivity index (χ1v) is 8.81. The topological polar surface area (TPSA) is 118 Å². The van der Waals surface area contributed by atoms with E-state index in [1.54, 1.807) is 0 Å². The molecular formula is C13H22N4O3S. The fourth-order valence-electron chi connectivity index (χ4n) is 2.31. The van der Waals surface area contributed by atoms with Gasteiger partial charge in [-0.05, 0) is 26.2 Å². The molecule has 1 amide bonds. The Balaban J connectivity index is 2.21. The number of aromatic amines is 1. The Morgan fingerprint density at radius 2 is 2.19 bits per heavy atom. The number of nitrogens with one attached hydrogen (secondary N) is 2. The normalized spacial score (nSPS) is 16.7. The number of hydrogen-bond donors (Lipinski definition) is 3. The standard InChI is InChI=1S/C13H22N4O3S/c1-3-4-5-8(2)15-13(18)11-12(21(14,19)20)10(16-17-11)9-6-7-9/h8-9H,3-7H2,1-2H3,(H,15,18)(H,16,17)(H2,14,19,20). The van der Waals surface area contributed by atoms with Crippen LogP contribution in [0.2, 0.25) is 0 Å². The molecule has 0 aromatic carbocycles. The van der Waals surface area contributed by atoms with Crippen molar-refractivity contribution >= 4 is 15.9 Å². The van der Waals surface area contributed by atoms with Gasteiger partial charge in [-0.1, -0.05) is 19.8 Å². The lowest BCUT2D eigenvalue weighted by atomic mass is 10.1.